The number of aliphatic imine (C=N–C) groups is 1. The van der Waals surface area contributed by atoms with Crippen molar-refractivity contribution in [3.8, 4) is 5.75 Å². The number of carbonyl (C=O) groups is 1. The molecule has 2 aliphatic rings. The van der Waals surface area contributed by atoms with E-state index in [0.717, 1.165) is 6.07 Å². The first kappa shape index (κ1) is 24.7. The summed E-state index contributed by atoms with van der Waals surface area (Å²) in [4.78, 5) is 16.9. The lowest BCUT2D eigenvalue weighted by Gasteiger charge is -2.21. The van der Waals surface area contributed by atoms with Crippen LogP contribution in [0.5, 0.6) is 5.75 Å². The van der Waals surface area contributed by atoms with Crippen molar-refractivity contribution in [1.82, 2.24) is 0 Å². The predicted molar refractivity (Wildman–Crippen MR) is 125 cm³/mol. The molecule has 0 saturated heterocycles. The summed E-state index contributed by atoms with van der Waals surface area (Å²) in [6, 6.07) is 7.97. The molecule has 0 saturated carbocycles. The molecule has 7 nitrogen and oxygen atoms in total. The lowest BCUT2D eigenvalue weighted by molar-refractivity contribution is -0.138. The second kappa shape index (κ2) is 8.97. The van der Waals surface area contributed by atoms with E-state index in [0.29, 0.717) is 23.5 Å². The normalized spacial score (nSPS) is 18.5. The maximum absolute atomic E-state index is 13.3. The van der Waals surface area contributed by atoms with Crippen LogP contribution in [-0.4, -0.2) is 20.0 Å². The second-order valence-corrected chi connectivity index (χ2v) is 9.99. The number of anilines is 1. The molecule has 3 N–H and O–H groups in total. The number of ether oxygens (including phenoxy) is 1. The van der Waals surface area contributed by atoms with E-state index in [-0.39, 0.29) is 39.9 Å². The number of aryl methyl sites for hydroxylation is 1. The van der Waals surface area contributed by atoms with Crippen LogP contribution in [0.1, 0.15) is 30.9 Å². The molecule has 0 bridgehead atoms. The van der Waals surface area contributed by atoms with Crippen molar-refractivity contribution in [1.29, 1.82) is 0 Å². The Bertz CT molecular complexity index is 1410. The summed E-state index contributed by atoms with van der Waals surface area (Å²) in [6.45, 7) is 3.26. The van der Waals surface area contributed by atoms with Crippen molar-refractivity contribution in [2.45, 2.75) is 37.8 Å². The summed E-state index contributed by atoms with van der Waals surface area (Å²) in [5.41, 5.74) is 0.364. The van der Waals surface area contributed by atoms with Gasteiger partial charge >= 0.3 is 6.18 Å². The molecule has 1 heterocycles. The van der Waals surface area contributed by atoms with Crippen LogP contribution in [0.3, 0.4) is 0 Å². The Morgan fingerprint density at radius 1 is 1.20 bits per heavy atom. The minimum absolute atomic E-state index is 0.00366. The van der Waals surface area contributed by atoms with Crippen LogP contribution in [0.4, 0.5) is 24.5 Å². The number of allylic oxidation sites excluding steroid dienone is 4. The van der Waals surface area contributed by atoms with Gasteiger partial charge in [0.05, 0.1) is 34.0 Å². The van der Waals surface area contributed by atoms with Crippen LogP contribution in [-0.2, 0) is 21.0 Å². The summed E-state index contributed by atoms with van der Waals surface area (Å²) in [6.07, 6.45) is -0.562. The monoisotopic (exact) mass is 505 g/mol. The molecule has 1 aliphatic carbocycles. The topological polar surface area (TPSA) is 111 Å². The molecule has 184 valence electrons. The predicted octanol–water partition coefficient (Wildman–Crippen LogP) is 5.01. The number of rotatable bonds is 4. The van der Waals surface area contributed by atoms with Crippen LogP contribution in [0.25, 0.3) is 0 Å². The Balaban J connectivity index is 1.69. The SMILES string of the molecule is Cc1cc2c(cc1C(F)(F)F)NC(=O)CC(C1=CCC(C)C(Oc3cccc(S(N)(=O)=O)c3)=C1)=N2. The molecular formula is C24H22F3N3O4S. The van der Waals surface area contributed by atoms with Gasteiger partial charge in [0.2, 0.25) is 15.9 Å². The molecule has 2 aromatic rings. The van der Waals surface area contributed by atoms with Gasteiger partial charge in [0, 0.05) is 12.0 Å². The highest BCUT2D eigenvalue weighted by Gasteiger charge is 2.34. The molecule has 0 aromatic heterocycles. The number of nitrogens with one attached hydrogen (secondary N) is 1. The number of fused-ring (bicyclic) bond motifs is 1. The number of carbonyl (C=O) groups excluding carboxylic acids is 1. The lowest BCUT2D eigenvalue weighted by atomic mass is 9.93. The fourth-order valence-corrected chi connectivity index (χ4v) is 4.39. The van der Waals surface area contributed by atoms with Crippen LogP contribution in [0.15, 0.2) is 69.8 Å². The molecule has 2 aromatic carbocycles. The second-order valence-electron chi connectivity index (χ2n) is 8.43. The Morgan fingerprint density at radius 2 is 1.94 bits per heavy atom. The van der Waals surface area contributed by atoms with Gasteiger partial charge in [-0.05, 0) is 54.8 Å². The molecule has 1 atom stereocenters. The summed E-state index contributed by atoms with van der Waals surface area (Å²) in [5, 5.41) is 7.70. The van der Waals surface area contributed by atoms with Gasteiger partial charge in [-0.25, -0.2) is 13.6 Å². The molecule has 1 aliphatic heterocycles. The fourth-order valence-electron chi connectivity index (χ4n) is 3.85. The van der Waals surface area contributed by atoms with Crippen molar-refractivity contribution < 1.29 is 31.1 Å². The van der Waals surface area contributed by atoms with Crippen molar-refractivity contribution in [3.63, 3.8) is 0 Å². The number of hydrogen-bond donors (Lipinski definition) is 2. The number of amides is 1. The van der Waals surface area contributed by atoms with Gasteiger partial charge in [-0.1, -0.05) is 19.1 Å². The zero-order valence-electron chi connectivity index (χ0n) is 18.8. The minimum atomic E-state index is -4.56. The van der Waals surface area contributed by atoms with Crippen LogP contribution >= 0.6 is 0 Å². The zero-order chi connectivity index (χ0) is 25.5. The molecular weight excluding hydrogens is 483 g/mol. The third-order valence-electron chi connectivity index (χ3n) is 5.68. The number of hydrogen-bond acceptors (Lipinski definition) is 5. The maximum Gasteiger partial charge on any atom is 0.416 e. The van der Waals surface area contributed by atoms with Gasteiger partial charge in [-0.2, -0.15) is 13.2 Å². The smallest absolute Gasteiger partial charge is 0.416 e. The highest BCUT2D eigenvalue weighted by Crippen LogP contribution is 2.39. The number of benzene rings is 2. The van der Waals surface area contributed by atoms with Crippen molar-refractivity contribution in [3.05, 3.63) is 71.0 Å². The fraction of sp³-hybridized carbons (Fsp3) is 0.250. The summed E-state index contributed by atoms with van der Waals surface area (Å²) in [5.74, 6) is 0.249. The Kier molecular flexibility index (Phi) is 6.32. The summed E-state index contributed by atoms with van der Waals surface area (Å²) in [7, 11) is -3.91. The van der Waals surface area contributed by atoms with E-state index in [1.54, 1.807) is 12.1 Å². The van der Waals surface area contributed by atoms with E-state index < -0.39 is 27.7 Å². The third kappa shape index (κ3) is 5.46. The number of nitrogens with zero attached hydrogens (tertiary/aromatic N) is 1. The van der Waals surface area contributed by atoms with E-state index in [1.165, 1.54) is 31.2 Å². The summed E-state index contributed by atoms with van der Waals surface area (Å²) >= 11 is 0. The Hall–Kier alpha value is -3.44. The number of alkyl halides is 3. The summed E-state index contributed by atoms with van der Waals surface area (Å²) < 4.78 is 69.2. The van der Waals surface area contributed by atoms with Crippen LogP contribution < -0.4 is 15.2 Å². The minimum Gasteiger partial charge on any atom is -0.461 e. The molecule has 1 amide bonds. The molecule has 35 heavy (non-hydrogen) atoms. The molecule has 4 rings (SSSR count). The molecule has 0 radical (unpaired) electrons. The standard InChI is InChI=1S/C24H22F3N3O4S/c1-13-6-7-15(9-22(13)34-16-4-3-5-17(10-16)35(28,32)33)19-12-23(31)30-21-11-18(24(25,26)27)14(2)8-20(21)29-19/h3-5,7-11,13H,6,12H2,1-2H3,(H,30,31)(H2,28,32,33). The van der Waals surface area contributed by atoms with Gasteiger partial charge in [-0.3, -0.25) is 9.79 Å². The Morgan fingerprint density at radius 3 is 2.63 bits per heavy atom. The van der Waals surface area contributed by atoms with E-state index >= 15 is 0 Å². The van der Waals surface area contributed by atoms with E-state index in [2.05, 4.69) is 10.3 Å². The van der Waals surface area contributed by atoms with Gasteiger partial charge in [0.15, 0.2) is 0 Å². The largest absolute Gasteiger partial charge is 0.461 e. The third-order valence-corrected chi connectivity index (χ3v) is 6.59. The number of primary sulfonamides is 1. The highest BCUT2D eigenvalue weighted by molar-refractivity contribution is 7.89. The first-order valence-corrected chi connectivity index (χ1v) is 12.2. The molecule has 0 fully saturated rings. The van der Waals surface area contributed by atoms with Gasteiger partial charge in [-0.15, -0.1) is 0 Å². The molecule has 0 spiro atoms. The maximum atomic E-state index is 13.3. The number of nitrogens with two attached hydrogens (primary N) is 1. The first-order valence-electron chi connectivity index (χ1n) is 10.6. The van der Waals surface area contributed by atoms with Crippen LogP contribution in [0.2, 0.25) is 0 Å². The Labute approximate surface area is 200 Å². The number of halogens is 3. The highest BCUT2D eigenvalue weighted by atomic mass is 32.2. The van der Waals surface area contributed by atoms with Gasteiger partial charge in [0.1, 0.15) is 11.5 Å². The average Bonchev–Trinajstić information content (AvgIpc) is 2.91. The van der Waals surface area contributed by atoms with E-state index in [9.17, 15) is 26.4 Å². The van der Waals surface area contributed by atoms with Crippen LogP contribution in [0, 0.1) is 12.8 Å². The van der Waals surface area contributed by atoms with Crippen molar-refractivity contribution in [2.24, 2.45) is 16.0 Å². The number of sulfonamides is 1. The van der Waals surface area contributed by atoms with Gasteiger partial charge in [0.25, 0.3) is 0 Å². The average molecular weight is 506 g/mol. The first-order chi connectivity index (χ1) is 16.3. The zero-order valence-corrected chi connectivity index (χ0v) is 19.6. The van der Waals surface area contributed by atoms with Crippen molar-refractivity contribution in [2.75, 3.05) is 5.32 Å². The molecule has 1 unspecified atom stereocenters. The van der Waals surface area contributed by atoms with E-state index in [1.807, 2.05) is 13.0 Å². The van der Waals surface area contributed by atoms with Gasteiger partial charge < -0.3 is 10.1 Å². The lowest BCUT2D eigenvalue weighted by Crippen LogP contribution is -2.18. The van der Waals surface area contributed by atoms with E-state index in [4.69, 9.17) is 9.88 Å². The van der Waals surface area contributed by atoms with Crippen molar-refractivity contribution >= 4 is 33.0 Å². The quantitative estimate of drug-likeness (QED) is 0.609. The molecule has 11 heteroatoms.